The molecule has 0 unspecified atom stereocenters. The van der Waals surface area contributed by atoms with Crippen LogP contribution in [0.1, 0.15) is 15.9 Å². The molecule has 0 spiro atoms. The highest BCUT2D eigenvalue weighted by Crippen LogP contribution is 2.15. The highest BCUT2D eigenvalue weighted by molar-refractivity contribution is 14.1. The summed E-state index contributed by atoms with van der Waals surface area (Å²) in [4.78, 5) is 22.5. The molecule has 2 aromatic carbocycles. The number of rotatable bonds is 6. The van der Waals surface area contributed by atoms with Crippen molar-refractivity contribution in [3.63, 3.8) is 0 Å². The molecule has 0 aliphatic heterocycles. The SMILES string of the molecule is O=C(O)COc1ccccc1C=NNC(=O)c1ccc(I)cc1. The summed E-state index contributed by atoms with van der Waals surface area (Å²) in [6.45, 7) is -0.445. The summed E-state index contributed by atoms with van der Waals surface area (Å²) in [5, 5.41) is 12.5. The van der Waals surface area contributed by atoms with Gasteiger partial charge >= 0.3 is 5.97 Å². The molecular weight excluding hydrogens is 411 g/mol. The molecule has 0 fully saturated rings. The number of nitrogens with one attached hydrogen (secondary N) is 1. The maximum absolute atomic E-state index is 11.9. The van der Waals surface area contributed by atoms with Gasteiger partial charge in [-0.05, 0) is 59.0 Å². The Morgan fingerprint density at radius 2 is 1.87 bits per heavy atom. The number of carboxylic acids is 1. The number of benzene rings is 2. The Bertz CT molecular complexity index is 729. The minimum absolute atomic E-state index is 0.332. The van der Waals surface area contributed by atoms with Crippen molar-refractivity contribution in [2.75, 3.05) is 6.61 Å². The fraction of sp³-hybridized carbons (Fsp3) is 0.0625. The van der Waals surface area contributed by atoms with E-state index in [2.05, 4.69) is 33.1 Å². The van der Waals surface area contributed by atoms with Gasteiger partial charge in [-0.15, -0.1) is 0 Å². The van der Waals surface area contributed by atoms with E-state index in [-0.39, 0.29) is 5.91 Å². The molecule has 2 aromatic rings. The van der Waals surface area contributed by atoms with E-state index < -0.39 is 12.6 Å². The molecule has 0 radical (unpaired) electrons. The summed E-state index contributed by atoms with van der Waals surface area (Å²) >= 11 is 2.16. The standard InChI is InChI=1S/C16H13IN2O4/c17-13-7-5-11(6-8-13)16(22)19-18-9-12-3-1-2-4-14(12)23-10-15(20)21/h1-9H,10H2,(H,19,22)(H,20,21). The van der Waals surface area contributed by atoms with Gasteiger partial charge in [-0.25, -0.2) is 10.2 Å². The lowest BCUT2D eigenvalue weighted by Crippen LogP contribution is -2.17. The third-order valence-electron chi connectivity index (χ3n) is 2.75. The van der Waals surface area contributed by atoms with Gasteiger partial charge in [0, 0.05) is 14.7 Å². The van der Waals surface area contributed by atoms with Gasteiger partial charge in [-0.1, -0.05) is 12.1 Å². The van der Waals surface area contributed by atoms with Crippen LogP contribution < -0.4 is 10.2 Å². The Balaban J connectivity index is 2.01. The van der Waals surface area contributed by atoms with E-state index in [0.717, 1.165) is 3.57 Å². The van der Waals surface area contributed by atoms with Gasteiger partial charge in [0.15, 0.2) is 6.61 Å². The second-order valence-electron chi connectivity index (χ2n) is 4.43. The maximum atomic E-state index is 11.9. The van der Waals surface area contributed by atoms with E-state index in [1.807, 2.05) is 12.1 Å². The molecule has 0 bridgehead atoms. The molecule has 0 saturated carbocycles. The number of carbonyl (C=O) groups excluding carboxylic acids is 1. The van der Waals surface area contributed by atoms with Crippen LogP contribution in [-0.4, -0.2) is 29.8 Å². The van der Waals surface area contributed by atoms with Gasteiger partial charge in [0.1, 0.15) is 5.75 Å². The molecule has 2 N–H and O–H groups in total. The number of carbonyl (C=O) groups is 2. The van der Waals surface area contributed by atoms with Crippen LogP contribution >= 0.6 is 22.6 Å². The first-order chi connectivity index (χ1) is 11.1. The van der Waals surface area contributed by atoms with Gasteiger partial charge in [-0.3, -0.25) is 4.79 Å². The Kier molecular flexibility index (Phi) is 6.10. The number of carboxylic acid groups (broad SMARTS) is 1. The van der Waals surface area contributed by atoms with Gasteiger partial charge < -0.3 is 9.84 Å². The average molecular weight is 424 g/mol. The molecule has 2 rings (SSSR count). The van der Waals surface area contributed by atoms with E-state index in [9.17, 15) is 9.59 Å². The second-order valence-corrected chi connectivity index (χ2v) is 5.67. The lowest BCUT2D eigenvalue weighted by atomic mass is 10.2. The zero-order chi connectivity index (χ0) is 16.7. The first-order valence-corrected chi connectivity index (χ1v) is 7.67. The smallest absolute Gasteiger partial charge is 0.341 e. The third-order valence-corrected chi connectivity index (χ3v) is 3.47. The second kappa shape index (κ2) is 8.28. The summed E-state index contributed by atoms with van der Waals surface area (Å²) in [7, 11) is 0. The minimum Gasteiger partial charge on any atom is -0.481 e. The van der Waals surface area contributed by atoms with Crippen LogP contribution in [0.3, 0.4) is 0 Å². The van der Waals surface area contributed by atoms with E-state index >= 15 is 0 Å². The maximum Gasteiger partial charge on any atom is 0.341 e. The van der Waals surface area contributed by atoms with E-state index in [1.54, 1.807) is 36.4 Å². The van der Waals surface area contributed by atoms with Gasteiger partial charge in [-0.2, -0.15) is 5.10 Å². The Morgan fingerprint density at radius 3 is 2.57 bits per heavy atom. The largest absolute Gasteiger partial charge is 0.481 e. The van der Waals surface area contributed by atoms with Crippen LogP contribution in [0.2, 0.25) is 0 Å². The highest BCUT2D eigenvalue weighted by atomic mass is 127. The van der Waals surface area contributed by atoms with Crippen LogP contribution in [0.15, 0.2) is 53.6 Å². The number of halogens is 1. The van der Waals surface area contributed by atoms with Crippen LogP contribution in [-0.2, 0) is 4.79 Å². The van der Waals surface area contributed by atoms with Crippen molar-refractivity contribution in [3.05, 3.63) is 63.2 Å². The lowest BCUT2D eigenvalue weighted by Gasteiger charge is -2.06. The molecule has 0 saturated heterocycles. The van der Waals surface area contributed by atoms with Crippen molar-refractivity contribution in [1.82, 2.24) is 5.43 Å². The molecule has 0 aliphatic carbocycles. The predicted octanol–water partition coefficient (Wildman–Crippen LogP) is 2.52. The number of hydrazone groups is 1. The van der Waals surface area contributed by atoms with Crippen molar-refractivity contribution in [3.8, 4) is 5.75 Å². The average Bonchev–Trinajstić information content (AvgIpc) is 2.54. The number of amides is 1. The summed E-state index contributed by atoms with van der Waals surface area (Å²) < 4.78 is 6.18. The van der Waals surface area contributed by atoms with Gasteiger partial charge in [0.2, 0.25) is 0 Å². The summed E-state index contributed by atoms with van der Waals surface area (Å²) in [6, 6.07) is 13.9. The van der Waals surface area contributed by atoms with Crippen LogP contribution in [0.4, 0.5) is 0 Å². The molecule has 0 aromatic heterocycles. The van der Waals surface area contributed by atoms with Gasteiger partial charge in [0.25, 0.3) is 5.91 Å². The molecule has 0 aliphatic rings. The molecule has 6 nitrogen and oxygen atoms in total. The quantitative estimate of drug-likeness (QED) is 0.424. The fourth-order valence-electron chi connectivity index (χ4n) is 1.68. The van der Waals surface area contributed by atoms with E-state index in [4.69, 9.17) is 9.84 Å². The number of para-hydroxylation sites is 1. The van der Waals surface area contributed by atoms with E-state index in [1.165, 1.54) is 6.21 Å². The molecule has 7 heteroatoms. The zero-order valence-electron chi connectivity index (χ0n) is 11.9. The summed E-state index contributed by atoms with van der Waals surface area (Å²) in [5.41, 5.74) is 3.48. The first-order valence-electron chi connectivity index (χ1n) is 6.59. The fourth-order valence-corrected chi connectivity index (χ4v) is 2.04. The monoisotopic (exact) mass is 424 g/mol. The third kappa shape index (κ3) is 5.37. The summed E-state index contributed by atoms with van der Waals surface area (Å²) in [6.07, 6.45) is 1.40. The molecule has 23 heavy (non-hydrogen) atoms. The van der Waals surface area contributed by atoms with E-state index in [0.29, 0.717) is 16.9 Å². The lowest BCUT2D eigenvalue weighted by molar-refractivity contribution is -0.139. The van der Waals surface area contributed by atoms with Crippen LogP contribution in [0.5, 0.6) is 5.75 Å². The Hall–Kier alpha value is -2.42. The normalized spacial score (nSPS) is 10.5. The topological polar surface area (TPSA) is 88.0 Å². The minimum atomic E-state index is -1.07. The summed E-state index contributed by atoms with van der Waals surface area (Å²) in [5.74, 6) is -1.02. The Morgan fingerprint density at radius 1 is 1.17 bits per heavy atom. The number of hydrogen-bond donors (Lipinski definition) is 2. The zero-order valence-corrected chi connectivity index (χ0v) is 14.1. The first kappa shape index (κ1) is 16.9. The van der Waals surface area contributed by atoms with Crippen molar-refractivity contribution < 1.29 is 19.4 Å². The number of hydrogen-bond acceptors (Lipinski definition) is 4. The van der Waals surface area contributed by atoms with Crippen LogP contribution in [0.25, 0.3) is 0 Å². The highest BCUT2D eigenvalue weighted by Gasteiger charge is 2.05. The van der Waals surface area contributed by atoms with Crippen molar-refractivity contribution in [2.45, 2.75) is 0 Å². The molecular formula is C16H13IN2O4. The number of aliphatic carboxylic acids is 1. The molecule has 1 amide bonds. The number of ether oxygens (including phenoxy) is 1. The van der Waals surface area contributed by atoms with Crippen molar-refractivity contribution >= 4 is 40.7 Å². The Labute approximate surface area is 146 Å². The molecule has 0 atom stereocenters. The molecule has 0 heterocycles. The van der Waals surface area contributed by atoms with Crippen molar-refractivity contribution in [1.29, 1.82) is 0 Å². The molecule has 118 valence electrons. The predicted molar refractivity (Wildman–Crippen MR) is 93.8 cm³/mol. The van der Waals surface area contributed by atoms with Gasteiger partial charge in [0.05, 0.1) is 6.21 Å². The van der Waals surface area contributed by atoms with Crippen LogP contribution in [0, 0.1) is 3.57 Å². The van der Waals surface area contributed by atoms with Crippen molar-refractivity contribution in [2.24, 2.45) is 5.10 Å². The number of nitrogens with zero attached hydrogens (tertiary/aromatic N) is 1.